The van der Waals surface area contributed by atoms with Gasteiger partial charge in [0.15, 0.2) is 0 Å². The van der Waals surface area contributed by atoms with Crippen LogP contribution in [-0.4, -0.2) is 15.0 Å². The SMILES string of the molecule is c1cnc2c(-c3ccc(-c4ccc5ccc6ccc(-c7cc8ccccc8c8ccccc78)nc6c5n4)cc3)cccc2c1. The molecule has 6 aromatic carbocycles. The summed E-state index contributed by atoms with van der Waals surface area (Å²) in [4.78, 5) is 15.1. The molecule has 0 radical (unpaired) electrons. The van der Waals surface area contributed by atoms with E-state index in [-0.39, 0.29) is 0 Å². The van der Waals surface area contributed by atoms with Crippen molar-refractivity contribution in [3.8, 4) is 33.6 Å². The van der Waals surface area contributed by atoms with Crippen molar-refractivity contribution in [1.82, 2.24) is 15.0 Å². The number of hydrogen-bond acceptors (Lipinski definition) is 3. The second-order valence-corrected chi connectivity index (χ2v) is 11.3. The Labute approximate surface area is 254 Å². The fraction of sp³-hybridized carbons (Fsp3) is 0. The summed E-state index contributed by atoms with van der Waals surface area (Å²) in [5, 5.41) is 8.21. The highest BCUT2D eigenvalue weighted by Crippen LogP contribution is 2.36. The van der Waals surface area contributed by atoms with Crippen molar-refractivity contribution in [2.24, 2.45) is 0 Å². The first kappa shape index (κ1) is 24.6. The normalized spacial score (nSPS) is 11.6. The third-order valence-electron chi connectivity index (χ3n) is 8.69. The highest BCUT2D eigenvalue weighted by atomic mass is 14.8. The number of nitrogens with zero attached hydrogens (tertiary/aromatic N) is 3. The van der Waals surface area contributed by atoms with E-state index in [1.54, 1.807) is 0 Å². The van der Waals surface area contributed by atoms with Gasteiger partial charge in [0.05, 0.1) is 27.9 Å². The van der Waals surface area contributed by atoms with Crippen molar-refractivity contribution >= 4 is 54.3 Å². The maximum absolute atomic E-state index is 5.28. The topological polar surface area (TPSA) is 38.7 Å². The molecule has 0 aliphatic carbocycles. The van der Waals surface area contributed by atoms with Gasteiger partial charge in [0.2, 0.25) is 0 Å². The lowest BCUT2D eigenvalue weighted by atomic mass is 9.95. The van der Waals surface area contributed by atoms with Crippen LogP contribution in [0.1, 0.15) is 0 Å². The van der Waals surface area contributed by atoms with Gasteiger partial charge in [-0.15, -0.1) is 0 Å². The average molecular weight is 560 g/mol. The molecule has 0 atom stereocenters. The van der Waals surface area contributed by atoms with Crippen molar-refractivity contribution in [2.75, 3.05) is 0 Å². The third kappa shape index (κ3) is 3.94. The van der Waals surface area contributed by atoms with Gasteiger partial charge in [0, 0.05) is 39.0 Å². The molecular weight excluding hydrogens is 534 g/mol. The van der Waals surface area contributed by atoms with Gasteiger partial charge in [-0.05, 0) is 51.4 Å². The number of aromatic nitrogens is 3. The Bertz CT molecular complexity index is 2540. The predicted molar refractivity (Wildman–Crippen MR) is 184 cm³/mol. The van der Waals surface area contributed by atoms with E-state index in [1.807, 2.05) is 12.3 Å². The summed E-state index contributed by atoms with van der Waals surface area (Å²) in [5.41, 5.74) is 9.18. The molecule has 0 spiro atoms. The summed E-state index contributed by atoms with van der Waals surface area (Å²) in [6, 6.07) is 51.3. The minimum absolute atomic E-state index is 0.911. The zero-order valence-corrected chi connectivity index (χ0v) is 23.8. The zero-order valence-electron chi connectivity index (χ0n) is 23.8. The van der Waals surface area contributed by atoms with Gasteiger partial charge in [0.25, 0.3) is 0 Å². The first-order valence-electron chi connectivity index (χ1n) is 14.9. The lowest BCUT2D eigenvalue weighted by molar-refractivity contribution is 1.37. The van der Waals surface area contributed by atoms with Crippen LogP contribution in [0, 0.1) is 0 Å². The van der Waals surface area contributed by atoms with Crippen LogP contribution in [-0.2, 0) is 0 Å². The fourth-order valence-corrected chi connectivity index (χ4v) is 6.50. The van der Waals surface area contributed by atoms with E-state index in [9.17, 15) is 0 Å². The first-order valence-corrected chi connectivity index (χ1v) is 14.9. The van der Waals surface area contributed by atoms with Crippen LogP contribution in [0.25, 0.3) is 87.9 Å². The maximum Gasteiger partial charge on any atom is 0.0972 e. The summed E-state index contributed by atoms with van der Waals surface area (Å²) in [6.07, 6.45) is 1.85. The molecule has 0 aliphatic heterocycles. The Balaban J connectivity index is 1.18. The molecular formula is C41H25N3. The van der Waals surface area contributed by atoms with E-state index in [0.29, 0.717) is 0 Å². The molecule has 3 aromatic heterocycles. The van der Waals surface area contributed by atoms with E-state index in [1.165, 1.54) is 21.5 Å². The lowest BCUT2D eigenvalue weighted by Gasteiger charge is -2.12. The molecule has 9 aromatic rings. The first-order chi connectivity index (χ1) is 21.8. The molecule has 0 fully saturated rings. The highest BCUT2D eigenvalue weighted by molar-refractivity contribution is 6.14. The van der Waals surface area contributed by atoms with E-state index in [2.05, 4.69) is 145 Å². The molecule has 3 nitrogen and oxygen atoms in total. The Morgan fingerprint density at radius 3 is 1.75 bits per heavy atom. The Morgan fingerprint density at radius 1 is 0.341 bits per heavy atom. The highest BCUT2D eigenvalue weighted by Gasteiger charge is 2.13. The molecule has 9 rings (SSSR count). The average Bonchev–Trinajstić information content (AvgIpc) is 3.10. The van der Waals surface area contributed by atoms with Crippen molar-refractivity contribution in [3.05, 3.63) is 152 Å². The number of pyridine rings is 3. The molecule has 0 bridgehead atoms. The van der Waals surface area contributed by atoms with Crippen LogP contribution in [0.4, 0.5) is 0 Å². The van der Waals surface area contributed by atoms with Gasteiger partial charge >= 0.3 is 0 Å². The maximum atomic E-state index is 5.28. The van der Waals surface area contributed by atoms with Crippen LogP contribution in [0.15, 0.2) is 152 Å². The number of hydrogen-bond donors (Lipinski definition) is 0. The van der Waals surface area contributed by atoms with Crippen LogP contribution in [0.5, 0.6) is 0 Å². The summed E-state index contributed by atoms with van der Waals surface area (Å²) >= 11 is 0. The fourth-order valence-electron chi connectivity index (χ4n) is 6.50. The summed E-state index contributed by atoms with van der Waals surface area (Å²) in [5.74, 6) is 0. The number of para-hydroxylation sites is 1. The minimum atomic E-state index is 0.911. The number of fused-ring (bicyclic) bond motifs is 7. The Hall–Kier alpha value is -5.93. The molecule has 0 unspecified atom stereocenters. The van der Waals surface area contributed by atoms with Crippen LogP contribution in [0.3, 0.4) is 0 Å². The third-order valence-corrected chi connectivity index (χ3v) is 8.69. The molecule has 0 saturated heterocycles. The van der Waals surface area contributed by atoms with E-state index < -0.39 is 0 Å². The monoisotopic (exact) mass is 559 g/mol. The smallest absolute Gasteiger partial charge is 0.0972 e. The van der Waals surface area contributed by atoms with Crippen molar-refractivity contribution in [3.63, 3.8) is 0 Å². The Morgan fingerprint density at radius 2 is 0.932 bits per heavy atom. The van der Waals surface area contributed by atoms with E-state index >= 15 is 0 Å². The molecule has 3 heterocycles. The number of rotatable bonds is 3. The van der Waals surface area contributed by atoms with Crippen molar-refractivity contribution in [2.45, 2.75) is 0 Å². The minimum Gasteiger partial charge on any atom is -0.256 e. The summed E-state index contributed by atoms with van der Waals surface area (Å²) in [6.45, 7) is 0. The standard InChI is InChI=1S/C41H25N3/c1-2-10-32-31(7-1)25-36(35-12-4-3-11-34(32)35)38-23-21-30-19-18-29-20-22-37(43-40(29)41(30)44-38)27-16-14-26(15-17-27)33-13-5-8-28-9-6-24-42-39(28)33/h1-25H. The van der Waals surface area contributed by atoms with Crippen LogP contribution in [0.2, 0.25) is 0 Å². The predicted octanol–water partition coefficient (Wildman–Crippen LogP) is 10.6. The lowest BCUT2D eigenvalue weighted by Crippen LogP contribution is -1.92. The molecule has 0 aliphatic rings. The van der Waals surface area contributed by atoms with Gasteiger partial charge in [-0.25, -0.2) is 9.97 Å². The van der Waals surface area contributed by atoms with Crippen molar-refractivity contribution < 1.29 is 0 Å². The van der Waals surface area contributed by atoms with Gasteiger partial charge in [0.1, 0.15) is 0 Å². The molecule has 0 saturated carbocycles. The van der Waals surface area contributed by atoms with Crippen LogP contribution < -0.4 is 0 Å². The number of benzene rings is 6. The van der Waals surface area contributed by atoms with Crippen LogP contribution >= 0.6 is 0 Å². The van der Waals surface area contributed by atoms with Gasteiger partial charge in [-0.2, -0.15) is 0 Å². The van der Waals surface area contributed by atoms with Gasteiger partial charge in [-0.3, -0.25) is 4.98 Å². The molecule has 44 heavy (non-hydrogen) atoms. The van der Waals surface area contributed by atoms with E-state index in [0.717, 1.165) is 66.4 Å². The van der Waals surface area contributed by atoms with Gasteiger partial charge in [-0.1, -0.05) is 121 Å². The molecule has 0 amide bonds. The zero-order chi connectivity index (χ0) is 29.0. The largest absolute Gasteiger partial charge is 0.256 e. The summed E-state index contributed by atoms with van der Waals surface area (Å²) < 4.78 is 0. The Kier molecular flexibility index (Phi) is 5.50. The quantitative estimate of drug-likeness (QED) is 0.202. The second kappa shape index (κ2) is 9.82. The molecule has 0 N–H and O–H groups in total. The molecule has 204 valence electrons. The molecule has 3 heteroatoms. The summed E-state index contributed by atoms with van der Waals surface area (Å²) in [7, 11) is 0. The van der Waals surface area contributed by atoms with E-state index in [4.69, 9.17) is 9.97 Å². The van der Waals surface area contributed by atoms with Gasteiger partial charge < -0.3 is 0 Å². The second-order valence-electron chi connectivity index (χ2n) is 11.3. The van der Waals surface area contributed by atoms with Crippen molar-refractivity contribution in [1.29, 1.82) is 0 Å².